The standard InChI is InChI=1S/C26H32ClN3O4/c1-2-3-4-5-6-7-8-13-24(31)28-19-25(32)30-29-18-21-11-9-10-12-23(21)34-26(33)20-14-16-22(27)17-15-20/h9-12,14-18H,2-8,13,19H2,1H3,(H,28,31)(H,30,32)/b29-18-. The number of unbranched alkanes of at least 4 members (excludes halogenated alkanes) is 6. The van der Waals surface area contributed by atoms with Gasteiger partial charge in [0.1, 0.15) is 5.75 Å². The molecule has 0 atom stereocenters. The summed E-state index contributed by atoms with van der Waals surface area (Å²) in [7, 11) is 0. The van der Waals surface area contributed by atoms with Crippen LogP contribution < -0.4 is 15.5 Å². The molecule has 0 fully saturated rings. The number of nitrogens with zero attached hydrogens (tertiary/aromatic N) is 1. The first-order valence-electron chi connectivity index (χ1n) is 11.6. The highest BCUT2D eigenvalue weighted by atomic mass is 35.5. The minimum atomic E-state index is -0.537. The van der Waals surface area contributed by atoms with Crippen LogP contribution in [0.1, 0.15) is 74.2 Å². The van der Waals surface area contributed by atoms with Gasteiger partial charge in [-0.2, -0.15) is 5.10 Å². The van der Waals surface area contributed by atoms with Crippen molar-refractivity contribution >= 4 is 35.6 Å². The lowest BCUT2D eigenvalue weighted by molar-refractivity contribution is -0.126. The van der Waals surface area contributed by atoms with E-state index in [1.807, 2.05) is 0 Å². The molecule has 0 heterocycles. The van der Waals surface area contributed by atoms with E-state index in [0.717, 1.165) is 19.3 Å². The van der Waals surface area contributed by atoms with Crippen molar-refractivity contribution in [2.45, 2.75) is 58.3 Å². The van der Waals surface area contributed by atoms with Gasteiger partial charge in [0.05, 0.1) is 18.3 Å². The Hall–Kier alpha value is -3.19. The van der Waals surface area contributed by atoms with Crippen molar-refractivity contribution in [1.82, 2.24) is 10.7 Å². The van der Waals surface area contributed by atoms with E-state index < -0.39 is 11.9 Å². The van der Waals surface area contributed by atoms with Crippen LogP contribution in [0.15, 0.2) is 53.6 Å². The van der Waals surface area contributed by atoms with E-state index in [0.29, 0.717) is 28.3 Å². The van der Waals surface area contributed by atoms with Crippen molar-refractivity contribution in [3.05, 3.63) is 64.7 Å². The Balaban J connectivity index is 1.72. The average Bonchev–Trinajstić information content (AvgIpc) is 2.83. The SMILES string of the molecule is CCCCCCCCCC(=O)NCC(=O)N/N=C\c1ccccc1OC(=O)c1ccc(Cl)cc1. The fourth-order valence-corrected chi connectivity index (χ4v) is 3.27. The number of amides is 2. The number of carbonyl (C=O) groups excluding carboxylic acids is 3. The third-order valence-corrected chi connectivity index (χ3v) is 5.30. The van der Waals surface area contributed by atoms with Gasteiger partial charge in [0.15, 0.2) is 0 Å². The van der Waals surface area contributed by atoms with Gasteiger partial charge < -0.3 is 10.1 Å². The number of hydrazone groups is 1. The topological polar surface area (TPSA) is 96.9 Å². The fraction of sp³-hybridized carbons (Fsp3) is 0.385. The molecule has 2 rings (SSSR count). The van der Waals surface area contributed by atoms with Crippen molar-refractivity contribution in [3.8, 4) is 5.75 Å². The highest BCUT2D eigenvalue weighted by Gasteiger charge is 2.11. The molecule has 2 amide bonds. The smallest absolute Gasteiger partial charge is 0.343 e. The maximum atomic E-state index is 12.3. The van der Waals surface area contributed by atoms with E-state index in [4.69, 9.17) is 16.3 Å². The average molecular weight is 486 g/mol. The van der Waals surface area contributed by atoms with E-state index >= 15 is 0 Å². The quantitative estimate of drug-likeness (QED) is 0.125. The molecular formula is C26H32ClN3O4. The molecule has 0 saturated heterocycles. The molecule has 0 bridgehead atoms. The number of hydrogen-bond acceptors (Lipinski definition) is 5. The lowest BCUT2D eigenvalue weighted by Gasteiger charge is -2.07. The van der Waals surface area contributed by atoms with Crippen molar-refractivity contribution in [2.24, 2.45) is 5.10 Å². The zero-order valence-electron chi connectivity index (χ0n) is 19.5. The van der Waals surface area contributed by atoms with Crippen molar-refractivity contribution in [1.29, 1.82) is 0 Å². The van der Waals surface area contributed by atoms with Crippen LogP contribution in [0.5, 0.6) is 5.75 Å². The molecule has 0 radical (unpaired) electrons. The second-order valence-electron chi connectivity index (χ2n) is 7.88. The maximum absolute atomic E-state index is 12.3. The van der Waals surface area contributed by atoms with Gasteiger partial charge in [-0.05, 0) is 42.8 Å². The summed E-state index contributed by atoms with van der Waals surface area (Å²) in [5, 5.41) is 7.02. The second kappa shape index (κ2) is 15.6. The van der Waals surface area contributed by atoms with Crippen LogP contribution in [0.25, 0.3) is 0 Å². The van der Waals surface area contributed by atoms with Gasteiger partial charge in [-0.15, -0.1) is 0 Å². The molecule has 7 nitrogen and oxygen atoms in total. The van der Waals surface area contributed by atoms with Gasteiger partial charge in [-0.1, -0.05) is 69.2 Å². The first-order valence-corrected chi connectivity index (χ1v) is 12.0. The molecule has 2 aromatic carbocycles. The zero-order chi connectivity index (χ0) is 24.6. The van der Waals surface area contributed by atoms with Gasteiger partial charge in [-0.25, -0.2) is 10.2 Å². The third kappa shape index (κ3) is 10.6. The summed E-state index contributed by atoms with van der Waals surface area (Å²) >= 11 is 5.84. The lowest BCUT2D eigenvalue weighted by Crippen LogP contribution is -2.34. The summed E-state index contributed by atoms with van der Waals surface area (Å²) in [5.74, 6) is -0.833. The minimum absolute atomic E-state index is 0.146. The molecule has 0 aliphatic carbocycles. The Labute approximate surface area is 205 Å². The summed E-state index contributed by atoms with van der Waals surface area (Å²) < 4.78 is 5.44. The van der Waals surface area contributed by atoms with Gasteiger partial charge in [-0.3, -0.25) is 9.59 Å². The molecule has 0 saturated carbocycles. The minimum Gasteiger partial charge on any atom is -0.422 e. The van der Waals surface area contributed by atoms with Crippen LogP contribution >= 0.6 is 11.6 Å². The molecule has 2 N–H and O–H groups in total. The number of rotatable bonds is 14. The Morgan fingerprint density at radius 3 is 2.32 bits per heavy atom. The van der Waals surface area contributed by atoms with Crippen LogP contribution in [0.3, 0.4) is 0 Å². The van der Waals surface area contributed by atoms with Crippen LogP contribution in [0.4, 0.5) is 0 Å². The van der Waals surface area contributed by atoms with Crippen molar-refractivity contribution in [2.75, 3.05) is 6.54 Å². The molecule has 2 aromatic rings. The zero-order valence-corrected chi connectivity index (χ0v) is 20.3. The summed E-state index contributed by atoms with van der Waals surface area (Å²) in [4.78, 5) is 36.2. The molecule has 0 aliphatic rings. The largest absolute Gasteiger partial charge is 0.422 e. The van der Waals surface area contributed by atoms with Crippen LogP contribution in [-0.4, -0.2) is 30.5 Å². The first-order chi connectivity index (χ1) is 16.5. The molecule has 0 unspecified atom stereocenters. The monoisotopic (exact) mass is 485 g/mol. The summed E-state index contributed by atoms with van der Waals surface area (Å²) in [6, 6.07) is 13.2. The normalized spacial score (nSPS) is 10.8. The van der Waals surface area contributed by atoms with Gasteiger partial charge in [0.25, 0.3) is 5.91 Å². The molecular weight excluding hydrogens is 454 g/mol. The Morgan fingerprint density at radius 2 is 1.59 bits per heavy atom. The molecule has 182 valence electrons. The van der Waals surface area contributed by atoms with Crippen molar-refractivity contribution in [3.63, 3.8) is 0 Å². The first kappa shape index (κ1) is 27.1. The van der Waals surface area contributed by atoms with E-state index in [9.17, 15) is 14.4 Å². The Morgan fingerprint density at radius 1 is 0.912 bits per heavy atom. The second-order valence-corrected chi connectivity index (χ2v) is 8.31. The van der Waals surface area contributed by atoms with Gasteiger partial charge in [0, 0.05) is 17.0 Å². The Kier molecular flexibility index (Phi) is 12.4. The number of esters is 1. The number of carbonyl (C=O) groups is 3. The molecule has 34 heavy (non-hydrogen) atoms. The molecule has 0 aromatic heterocycles. The van der Waals surface area contributed by atoms with Gasteiger partial charge >= 0.3 is 5.97 Å². The molecule has 0 spiro atoms. The molecule has 0 aliphatic heterocycles. The number of halogens is 1. The van der Waals surface area contributed by atoms with Crippen molar-refractivity contribution < 1.29 is 19.1 Å². The summed E-state index contributed by atoms with van der Waals surface area (Å²) in [6.45, 7) is 2.03. The number of benzene rings is 2. The fourth-order valence-electron chi connectivity index (χ4n) is 3.15. The van der Waals surface area contributed by atoms with E-state index in [1.54, 1.807) is 48.5 Å². The summed E-state index contributed by atoms with van der Waals surface area (Å²) in [6.07, 6.45) is 9.71. The highest BCUT2D eigenvalue weighted by Crippen LogP contribution is 2.18. The predicted octanol–water partition coefficient (Wildman–Crippen LogP) is 5.27. The number of nitrogens with one attached hydrogen (secondary N) is 2. The van der Waals surface area contributed by atoms with E-state index in [2.05, 4.69) is 22.8 Å². The number of ether oxygens (including phenoxy) is 1. The van der Waals surface area contributed by atoms with Crippen LogP contribution in [0, 0.1) is 0 Å². The predicted molar refractivity (Wildman–Crippen MR) is 134 cm³/mol. The van der Waals surface area contributed by atoms with Crippen LogP contribution in [-0.2, 0) is 9.59 Å². The number of hydrogen-bond donors (Lipinski definition) is 2. The number of para-hydroxylation sites is 1. The highest BCUT2D eigenvalue weighted by molar-refractivity contribution is 6.30. The summed E-state index contributed by atoms with van der Waals surface area (Å²) in [5.41, 5.74) is 3.23. The van der Waals surface area contributed by atoms with Gasteiger partial charge in [0.2, 0.25) is 5.91 Å². The maximum Gasteiger partial charge on any atom is 0.343 e. The van der Waals surface area contributed by atoms with Crippen LogP contribution in [0.2, 0.25) is 5.02 Å². The Bertz CT molecular complexity index is 961. The molecule has 8 heteroatoms. The van der Waals surface area contributed by atoms with E-state index in [-0.39, 0.29) is 12.5 Å². The van der Waals surface area contributed by atoms with E-state index in [1.165, 1.54) is 31.9 Å². The third-order valence-electron chi connectivity index (χ3n) is 5.05. The lowest BCUT2D eigenvalue weighted by atomic mass is 10.1.